The van der Waals surface area contributed by atoms with Crippen LogP contribution in [0.1, 0.15) is 18.2 Å². The molecule has 0 aliphatic rings. The van der Waals surface area contributed by atoms with E-state index in [0.717, 1.165) is 4.88 Å². The number of carbonyl (C=O) groups excluding carboxylic acids is 1. The Morgan fingerprint density at radius 2 is 2.33 bits per heavy atom. The van der Waals surface area contributed by atoms with Gasteiger partial charge in [-0.15, -0.1) is 11.3 Å². The first-order valence-corrected chi connectivity index (χ1v) is 5.60. The zero-order valence-electron chi connectivity index (χ0n) is 8.47. The van der Waals surface area contributed by atoms with E-state index in [4.69, 9.17) is 14.8 Å². The zero-order chi connectivity index (χ0) is 11.3. The quantitative estimate of drug-likeness (QED) is 0.546. The third-order valence-electron chi connectivity index (χ3n) is 1.85. The lowest BCUT2D eigenvalue weighted by molar-refractivity contribution is -0.143. The highest BCUT2D eigenvalue weighted by Crippen LogP contribution is 2.10. The summed E-state index contributed by atoms with van der Waals surface area (Å²) < 4.78 is 4.78. The standard InChI is InChI=1S/C9H13BO4S/c1-2-14-9(11)4-3-8-5-7(6-15-8)10(12)13/h5-6,12-13H,2-4H2,1H3. The van der Waals surface area contributed by atoms with Gasteiger partial charge in [0.15, 0.2) is 0 Å². The van der Waals surface area contributed by atoms with Crippen molar-refractivity contribution in [3.63, 3.8) is 0 Å². The molecule has 2 N–H and O–H groups in total. The number of rotatable bonds is 5. The predicted molar refractivity (Wildman–Crippen MR) is 59.1 cm³/mol. The molecule has 1 heterocycles. The lowest BCUT2D eigenvalue weighted by atomic mass is 9.82. The molecule has 6 heteroatoms. The van der Waals surface area contributed by atoms with Gasteiger partial charge in [-0.2, -0.15) is 0 Å². The van der Waals surface area contributed by atoms with Gasteiger partial charge in [0.05, 0.1) is 13.0 Å². The predicted octanol–water partition coefficient (Wildman–Crippen LogP) is -0.0764. The molecule has 0 saturated heterocycles. The molecule has 0 radical (unpaired) electrons. The molecule has 82 valence electrons. The molecular weight excluding hydrogens is 215 g/mol. The van der Waals surface area contributed by atoms with Crippen LogP contribution in [0, 0.1) is 0 Å². The van der Waals surface area contributed by atoms with Crippen LogP contribution in [-0.2, 0) is 16.0 Å². The van der Waals surface area contributed by atoms with Crippen LogP contribution in [0.15, 0.2) is 11.4 Å². The maximum atomic E-state index is 11.0. The average molecular weight is 228 g/mol. The van der Waals surface area contributed by atoms with Gasteiger partial charge >= 0.3 is 13.1 Å². The van der Waals surface area contributed by atoms with E-state index >= 15 is 0 Å². The lowest BCUT2D eigenvalue weighted by Crippen LogP contribution is -2.27. The summed E-state index contributed by atoms with van der Waals surface area (Å²) in [4.78, 5) is 12.0. The summed E-state index contributed by atoms with van der Waals surface area (Å²) in [6, 6.07) is 1.69. The minimum Gasteiger partial charge on any atom is -0.466 e. The van der Waals surface area contributed by atoms with Crippen molar-refractivity contribution in [2.75, 3.05) is 6.61 Å². The van der Waals surface area contributed by atoms with Crippen LogP contribution in [-0.4, -0.2) is 29.7 Å². The van der Waals surface area contributed by atoms with Crippen LogP contribution >= 0.6 is 11.3 Å². The van der Waals surface area contributed by atoms with Crippen LogP contribution in [0.2, 0.25) is 0 Å². The minimum absolute atomic E-state index is 0.225. The van der Waals surface area contributed by atoms with E-state index in [1.807, 2.05) is 0 Å². The van der Waals surface area contributed by atoms with Crippen LogP contribution < -0.4 is 5.46 Å². The maximum Gasteiger partial charge on any atom is 0.489 e. The number of hydrogen-bond donors (Lipinski definition) is 2. The molecule has 0 unspecified atom stereocenters. The van der Waals surface area contributed by atoms with Crippen LogP contribution in [0.5, 0.6) is 0 Å². The summed E-state index contributed by atoms with van der Waals surface area (Å²) in [5.41, 5.74) is 0.471. The van der Waals surface area contributed by atoms with E-state index in [-0.39, 0.29) is 5.97 Å². The van der Waals surface area contributed by atoms with Crippen molar-refractivity contribution < 1.29 is 19.6 Å². The first-order valence-electron chi connectivity index (χ1n) is 4.72. The van der Waals surface area contributed by atoms with Crippen molar-refractivity contribution in [1.82, 2.24) is 0 Å². The van der Waals surface area contributed by atoms with Gasteiger partial charge in [-0.05, 0) is 30.3 Å². The molecule has 0 aromatic carbocycles. The van der Waals surface area contributed by atoms with Gasteiger partial charge in [0.2, 0.25) is 0 Å². The van der Waals surface area contributed by atoms with E-state index in [9.17, 15) is 4.79 Å². The van der Waals surface area contributed by atoms with Crippen molar-refractivity contribution >= 4 is 29.9 Å². The SMILES string of the molecule is CCOC(=O)CCc1cc(B(O)O)cs1. The number of hydrogen-bond acceptors (Lipinski definition) is 5. The highest BCUT2D eigenvalue weighted by Gasteiger charge is 2.13. The Labute approximate surface area is 92.7 Å². The number of esters is 1. The normalized spacial score (nSPS) is 10.1. The van der Waals surface area contributed by atoms with E-state index < -0.39 is 7.12 Å². The van der Waals surface area contributed by atoms with Crippen LogP contribution in [0.25, 0.3) is 0 Å². The van der Waals surface area contributed by atoms with Gasteiger partial charge in [-0.25, -0.2) is 0 Å². The molecule has 0 aliphatic heterocycles. The third kappa shape index (κ3) is 4.03. The van der Waals surface area contributed by atoms with Gasteiger partial charge < -0.3 is 14.8 Å². The van der Waals surface area contributed by atoms with Gasteiger partial charge in [0, 0.05) is 4.88 Å². The van der Waals surface area contributed by atoms with E-state index in [1.54, 1.807) is 18.4 Å². The molecule has 0 atom stereocenters. The summed E-state index contributed by atoms with van der Waals surface area (Å²) in [6.07, 6.45) is 0.908. The molecule has 0 fully saturated rings. The molecule has 0 amide bonds. The zero-order valence-corrected chi connectivity index (χ0v) is 9.29. The minimum atomic E-state index is -1.43. The number of carbonyl (C=O) groups is 1. The summed E-state index contributed by atoms with van der Waals surface area (Å²) in [5, 5.41) is 19.4. The van der Waals surface area contributed by atoms with Crippen molar-refractivity contribution in [3.8, 4) is 0 Å². The second-order valence-corrected chi connectivity index (χ2v) is 4.02. The molecular formula is C9H13BO4S. The summed E-state index contributed by atoms with van der Waals surface area (Å²) in [7, 11) is -1.43. The molecule has 1 aromatic rings. The molecule has 15 heavy (non-hydrogen) atoms. The first-order chi connectivity index (χ1) is 7.13. The molecule has 1 rings (SSSR count). The number of thiophene rings is 1. The molecule has 0 aliphatic carbocycles. The van der Waals surface area contributed by atoms with Crippen molar-refractivity contribution in [2.45, 2.75) is 19.8 Å². The molecule has 0 spiro atoms. The fourth-order valence-corrected chi connectivity index (χ4v) is 2.02. The highest BCUT2D eigenvalue weighted by molar-refractivity contribution is 7.11. The monoisotopic (exact) mass is 228 g/mol. The summed E-state index contributed by atoms with van der Waals surface area (Å²) >= 11 is 1.41. The Morgan fingerprint density at radius 3 is 2.87 bits per heavy atom. The number of ether oxygens (including phenoxy) is 1. The van der Waals surface area contributed by atoms with Gasteiger partial charge in [0.25, 0.3) is 0 Å². The van der Waals surface area contributed by atoms with Crippen molar-refractivity contribution in [2.24, 2.45) is 0 Å². The number of aryl methyl sites for hydroxylation is 1. The lowest BCUT2D eigenvalue weighted by Gasteiger charge is -1.99. The Bertz CT molecular complexity index is 324. The van der Waals surface area contributed by atoms with Crippen molar-refractivity contribution in [3.05, 3.63) is 16.3 Å². The molecule has 4 nitrogen and oxygen atoms in total. The topological polar surface area (TPSA) is 66.8 Å². The Balaban J connectivity index is 2.41. The van der Waals surface area contributed by atoms with E-state index in [0.29, 0.717) is 24.9 Å². The smallest absolute Gasteiger partial charge is 0.466 e. The maximum absolute atomic E-state index is 11.0. The highest BCUT2D eigenvalue weighted by atomic mass is 32.1. The van der Waals surface area contributed by atoms with Crippen LogP contribution in [0.4, 0.5) is 0 Å². The summed E-state index contributed by atoms with van der Waals surface area (Å²) in [5.74, 6) is -0.225. The second kappa shape index (κ2) is 5.90. The fourth-order valence-electron chi connectivity index (χ4n) is 1.12. The molecule has 0 saturated carbocycles. The average Bonchev–Trinajstić information content (AvgIpc) is 2.63. The second-order valence-electron chi connectivity index (χ2n) is 3.03. The third-order valence-corrected chi connectivity index (χ3v) is 2.87. The Morgan fingerprint density at radius 1 is 1.60 bits per heavy atom. The Kier molecular flexibility index (Phi) is 4.81. The van der Waals surface area contributed by atoms with Crippen LogP contribution in [0.3, 0.4) is 0 Å². The van der Waals surface area contributed by atoms with Gasteiger partial charge in [-0.3, -0.25) is 4.79 Å². The first kappa shape index (κ1) is 12.2. The van der Waals surface area contributed by atoms with Gasteiger partial charge in [-0.1, -0.05) is 0 Å². The fraction of sp³-hybridized carbons (Fsp3) is 0.444. The van der Waals surface area contributed by atoms with Crippen molar-refractivity contribution in [1.29, 1.82) is 0 Å². The van der Waals surface area contributed by atoms with E-state index in [1.165, 1.54) is 11.3 Å². The molecule has 0 bridgehead atoms. The molecule has 1 aromatic heterocycles. The Hall–Kier alpha value is -0.845. The summed E-state index contributed by atoms with van der Waals surface area (Å²) in [6.45, 7) is 2.16. The van der Waals surface area contributed by atoms with E-state index in [2.05, 4.69) is 0 Å². The van der Waals surface area contributed by atoms with Gasteiger partial charge in [0.1, 0.15) is 0 Å². The largest absolute Gasteiger partial charge is 0.489 e.